The summed E-state index contributed by atoms with van der Waals surface area (Å²) in [4.78, 5) is 29.4. The molecule has 2 bridgehead atoms. The van der Waals surface area contributed by atoms with Gasteiger partial charge in [0, 0.05) is 50.2 Å². The van der Waals surface area contributed by atoms with E-state index in [1.807, 2.05) is 31.2 Å². The van der Waals surface area contributed by atoms with Crippen LogP contribution in [-0.4, -0.2) is 56.0 Å². The maximum atomic E-state index is 12.8. The van der Waals surface area contributed by atoms with E-state index in [-0.39, 0.29) is 17.3 Å². The zero-order valence-corrected chi connectivity index (χ0v) is 17.3. The van der Waals surface area contributed by atoms with Gasteiger partial charge >= 0.3 is 5.97 Å². The highest BCUT2D eigenvalue weighted by molar-refractivity contribution is 5.89. The molecular formula is C23H32N2O3. The molecule has 5 rings (SSSR count). The molecule has 3 saturated carbocycles. The highest BCUT2D eigenvalue weighted by Crippen LogP contribution is 2.59. The number of hydrogen-bond donors (Lipinski definition) is 0. The van der Waals surface area contributed by atoms with Crippen LogP contribution in [0.1, 0.15) is 44.0 Å². The lowest BCUT2D eigenvalue weighted by atomic mass is 9.46. The van der Waals surface area contributed by atoms with Crippen LogP contribution in [0.5, 0.6) is 0 Å². The van der Waals surface area contributed by atoms with Gasteiger partial charge in [-0.2, -0.15) is 0 Å². The molecule has 1 heterocycles. The molecular weight excluding hydrogens is 352 g/mol. The maximum Gasteiger partial charge on any atom is 0.338 e. The number of nitrogens with zero attached hydrogens (tertiary/aromatic N) is 2. The summed E-state index contributed by atoms with van der Waals surface area (Å²) in [5.41, 5.74) is 1.98. The fraction of sp³-hybridized carbons (Fsp3) is 0.652. The summed E-state index contributed by atoms with van der Waals surface area (Å²) in [6.07, 6.45) is 2.20. The minimum atomic E-state index is -0.266. The number of rotatable bonds is 5. The molecule has 0 radical (unpaired) electrons. The maximum absolute atomic E-state index is 12.8. The van der Waals surface area contributed by atoms with Crippen molar-refractivity contribution in [1.29, 1.82) is 0 Å². The number of Topliss-reactive ketones (excluding diaryl/α,β-unsaturated/α-hetero) is 1. The Morgan fingerprint density at radius 1 is 1.11 bits per heavy atom. The summed E-state index contributed by atoms with van der Waals surface area (Å²) < 4.78 is 5.04. The Balaban J connectivity index is 1.28. The highest BCUT2D eigenvalue weighted by atomic mass is 16.5. The number of hydrogen-bond acceptors (Lipinski definition) is 5. The normalized spacial score (nSPS) is 29.3. The van der Waals surface area contributed by atoms with E-state index in [4.69, 9.17) is 4.74 Å². The summed E-state index contributed by atoms with van der Waals surface area (Å²) >= 11 is 0. The number of carbonyl (C=O) groups is 2. The molecule has 1 aromatic rings. The van der Waals surface area contributed by atoms with Crippen LogP contribution in [0.2, 0.25) is 0 Å². The van der Waals surface area contributed by atoms with Crippen molar-refractivity contribution in [2.24, 2.45) is 23.2 Å². The SMILES string of the molecule is CCOC(=O)c1ccc(N2CCN(CC3C[C@@H]4C[C@@H](C3=O)C4(C)C)CC2)cc1. The van der Waals surface area contributed by atoms with E-state index in [1.54, 1.807) is 0 Å². The van der Waals surface area contributed by atoms with Crippen LogP contribution in [0.25, 0.3) is 0 Å². The molecule has 0 N–H and O–H groups in total. The van der Waals surface area contributed by atoms with Crippen molar-refractivity contribution >= 4 is 17.4 Å². The number of fused-ring (bicyclic) bond motifs is 2. The molecule has 3 atom stereocenters. The van der Waals surface area contributed by atoms with E-state index >= 15 is 0 Å². The lowest BCUT2D eigenvalue weighted by molar-refractivity contribution is -0.158. The van der Waals surface area contributed by atoms with Gasteiger partial charge in [0.25, 0.3) is 0 Å². The summed E-state index contributed by atoms with van der Waals surface area (Å²) in [7, 11) is 0. The molecule has 1 aromatic carbocycles. The molecule has 0 spiro atoms. The van der Waals surface area contributed by atoms with Gasteiger partial charge in [-0.3, -0.25) is 9.69 Å². The first kappa shape index (κ1) is 19.4. The van der Waals surface area contributed by atoms with E-state index < -0.39 is 0 Å². The van der Waals surface area contributed by atoms with Gasteiger partial charge in [0.15, 0.2) is 0 Å². The molecule has 152 valence electrons. The summed E-state index contributed by atoms with van der Waals surface area (Å²) in [6.45, 7) is 11.6. The van der Waals surface area contributed by atoms with E-state index in [9.17, 15) is 9.59 Å². The number of piperazine rings is 1. The van der Waals surface area contributed by atoms with Crippen LogP contribution < -0.4 is 4.90 Å². The first-order valence-corrected chi connectivity index (χ1v) is 10.7. The number of benzene rings is 1. The van der Waals surface area contributed by atoms with E-state index in [0.717, 1.165) is 57.2 Å². The molecule has 5 nitrogen and oxygen atoms in total. The van der Waals surface area contributed by atoms with Gasteiger partial charge in [0.05, 0.1) is 12.2 Å². The van der Waals surface area contributed by atoms with Crippen LogP contribution >= 0.6 is 0 Å². The molecule has 4 fully saturated rings. The minimum absolute atomic E-state index is 0.238. The smallest absolute Gasteiger partial charge is 0.338 e. The molecule has 28 heavy (non-hydrogen) atoms. The van der Waals surface area contributed by atoms with E-state index in [0.29, 0.717) is 23.9 Å². The van der Waals surface area contributed by atoms with Gasteiger partial charge in [0.2, 0.25) is 0 Å². The average molecular weight is 385 g/mol. The molecule has 0 aromatic heterocycles. The first-order chi connectivity index (χ1) is 13.4. The lowest BCUT2D eigenvalue weighted by Gasteiger charge is -2.58. The number of carbonyl (C=O) groups excluding carboxylic acids is 2. The van der Waals surface area contributed by atoms with E-state index in [1.165, 1.54) is 0 Å². The third-order valence-electron chi connectivity index (χ3n) is 7.38. The lowest BCUT2D eigenvalue weighted by Crippen LogP contribution is -2.58. The van der Waals surface area contributed by atoms with Gasteiger partial charge in [-0.25, -0.2) is 4.79 Å². The van der Waals surface area contributed by atoms with Gasteiger partial charge < -0.3 is 9.64 Å². The van der Waals surface area contributed by atoms with E-state index in [2.05, 4.69) is 23.6 Å². The van der Waals surface area contributed by atoms with Crippen molar-refractivity contribution in [3.05, 3.63) is 29.8 Å². The molecule has 1 saturated heterocycles. The van der Waals surface area contributed by atoms with Crippen molar-refractivity contribution in [3.8, 4) is 0 Å². The van der Waals surface area contributed by atoms with Gasteiger partial charge in [-0.15, -0.1) is 0 Å². The van der Waals surface area contributed by atoms with Crippen molar-refractivity contribution in [3.63, 3.8) is 0 Å². The summed E-state index contributed by atoms with van der Waals surface area (Å²) in [5, 5.41) is 0. The molecule has 3 aliphatic carbocycles. The quantitative estimate of drug-likeness (QED) is 0.730. The minimum Gasteiger partial charge on any atom is -0.462 e. The van der Waals surface area contributed by atoms with Crippen molar-refractivity contribution in [2.45, 2.75) is 33.6 Å². The zero-order chi connectivity index (χ0) is 19.9. The fourth-order valence-electron chi connectivity index (χ4n) is 5.33. The molecule has 1 aliphatic heterocycles. The molecule has 1 unspecified atom stereocenters. The Morgan fingerprint density at radius 3 is 2.36 bits per heavy atom. The van der Waals surface area contributed by atoms with Crippen molar-refractivity contribution in [2.75, 3.05) is 44.2 Å². The second kappa shape index (κ2) is 7.51. The number of ether oxygens (including phenoxy) is 1. The summed E-state index contributed by atoms with van der Waals surface area (Å²) in [5.74, 6) is 1.53. The van der Waals surface area contributed by atoms with Crippen molar-refractivity contribution in [1.82, 2.24) is 4.90 Å². The Hall–Kier alpha value is -1.88. The van der Waals surface area contributed by atoms with Crippen LogP contribution in [0, 0.1) is 23.2 Å². The topological polar surface area (TPSA) is 49.9 Å². The Labute approximate surface area is 168 Å². The van der Waals surface area contributed by atoms with Crippen LogP contribution in [0.3, 0.4) is 0 Å². The highest BCUT2D eigenvalue weighted by Gasteiger charge is 2.57. The van der Waals surface area contributed by atoms with Gasteiger partial charge in [-0.05, 0) is 55.4 Å². The monoisotopic (exact) mass is 384 g/mol. The average Bonchev–Trinajstić information content (AvgIpc) is 2.70. The molecule has 4 aliphatic rings. The number of anilines is 1. The Morgan fingerprint density at radius 2 is 1.79 bits per heavy atom. The molecule has 5 heteroatoms. The fourth-order valence-corrected chi connectivity index (χ4v) is 5.33. The number of ketones is 1. The third kappa shape index (κ3) is 3.45. The van der Waals surface area contributed by atoms with Gasteiger partial charge in [-0.1, -0.05) is 13.8 Å². The second-order valence-electron chi connectivity index (χ2n) is 9.20. The molecule has 0 amide bonds. The van der Waals surface area contributed by atoms with Crippen molar-refractivity contribution < 1.29 is 14.3 Å². The summed E-state index contributed by atoms with van der Waals surface area (Å²) in [6, 6.07) is 7.69. The second-order valence-corrected chi connectivity index (χ2v) is 9.20. The predicted octanol–water partition coefficient (Wildman–Crippen LogP) is 3.24. The van der Waals surface area contributed by atoms with Crippen LogP contribution in [0.4, 0.5) is 5.69 Å². The van der Waals surface area contributed by atoms with Crippen LogP contribution in [0.15, 0.2) is 24.3 Å². The Bertz CT molecular complexity index is 735. The third-order valence-corrected chi connectivity index (χ3v) is 7.38. The van der Waals surface area contributed by atoms with Crippen LogP contribution in [-0.2, 0) is 9.53 Å². The standard InChI is InChI=1S/C23H32N2O3/c1-4-28-22(27)16-5-7-19(8-6-16)25-11-9-24(10-12-25)15-17-13-18-14-20(21(17)26)23(18,2)3/h5-8,17-18,20H,4,9-15H2,1-3H3/t17?,18-,20+/m1/s1. The first-order valence-electron chi connectivity index (χ1n) is 10.7. The predicted molar refractivity (Wildman–Crippen MR) is 110 cm³/mol. The Kier molecular flexibility index (Phi) is 5.21. The number of esters is 1. The largest absolute Gasteiger partial charge is 0.462 e. The zero-order valence-electron chi connectivity index (χ0n) is 17.3. The van der Waals surface area contributed by atoms with Gasteiger partial charge in [0.1, 0.15) is 5.78 Å².